The van der Waals surface area contributed by atoms with Gasteiger partial charge in [-0.1, -0.05) is 13.3 Å². The highest BCUT2D eigenvalue weighted by Crippen LogP contribution is 2.33. The Morgan fingerprint density at radius 2 is 2.12 bits per heavy atom. The monoisotopic (exact) mass is 238 g/mol. The van der Waals surface area contributed by atoms with Crippen LogP contribution in [0.4, 0.5) is 0 Å². The van der Waals surface area contributed by atoms with Crippen LogP contribution < -0.4 is 5.73 Å². The predicted molar refractivity (Wildman–Crippen MR) is 69.5 cm³/mol. The van der Waals surface area contributed by atoms with Crippen molar-refractivity contribution in [3.8, 4) is 0 Å². The number of piperidine rings is 1. The van der Waals surface area contributed by atoms with Crippen molar-refractivity contribution in [2.75, 3.05) is 19.6 Å². The van der Waals surface area contributed by atoms with Crippen molar-refractivity contribution >= 4 is 5.91 Å². The summed E-state index contributed by atoms with van der Waals surface area (Å²) in [6.45, 7) is 4.92. The molecule has 0 radical (unpaired) electrons. The Hall–Kier alpha value is -0.570. The molecule has 17 heavy (non-hydrogen) atoms. The second-order valence-corrected chi connectivity index (χ2v) is 5.88. The summed E-state index contributed by atoms with van der Waals surface area (Å²) in [5, 5.41) is 0. The van der Waals surface area contributed by atoms with Crippen LogP contribution in [0.15, 0.2) is 0 Å². The zero-order valence-corrected chi connectivity index (χ0v) is 11.0. The van der Waals surface area contributed by atoms with Gasteiger partial charge in [-0.3, -0.25) is 4.79 Å². The Morgan fingerprint density at radius 3 is 2.76 bits per heavy atom. The second-order valence-electron chi connectivity index (χ2n) is 5.88. The molecular formula is C14H26N2O. The van der Waals surface area contributed by atoms with Crippen LogP contribution in [0.1, 0.15) is 45.4 Å². The van der Waals surface area contributed by atoms with Crippen molar-refractivity contribution < 1.29 is 4.79 Å². The van der Waals surface area contributed by atoms with Crippen LogP contribution in [0.2, 0.25) is 0 Å². The molecule has 2 rings (SSSR count). The molecule has 1 saturated carbocycles. The summed E-state index contributed by atoms with van der Waals surface area (Å²) in [7, 11) is 0. The zero-order valence-electron chi connectivity index (χ0n) is 11.0. The first-order chi connectivity index (χ1) is 8.22. The van der Waals surface area contributed by atoms with E-state index >= 15 is 0 Å². The summed E-state index contributed by atoms with van der Waals surface area (Å²) < 4.78 is 0. The first-order valence-electron chi connectivity index (χ1n) is 7.21. The quantitative estimate of drug-likeness (QED) is 0.817. The van der Waals surface area contributed by atoms with Gasteiger partial charge in [0.25, 0.3) is 0 Å². The molecule has 2 N–H and O–H groups in total. The van der Waals surface area contributed by atoms with Gasteiger partial charge in [-0.05, 0) is 50.5 Å². The summed E-state index contributed by atoms with van der Waals surface area (Å²) >= 11 is 0. The molecule has 1 heterocycles. The number of amides is 1. The van der Waals surface area contributed by atoms with E-state index in [4.69, 9.17) is 5.73 Å². The average molecular weight is 238 g/mol. The number of nitrogens with two attached hydrogens (primary N) is 1. The van der Waals surface area contributed by atoms with Crippen molar-refractivity contribution in [1.82, 2.24) is 4.90 Å². The van der Waals surface area contributed by atoms with Gasteiger partial charge in [0.15, 0.2) is 0 Å². The van der Waals surface area contributed by atoms with Gasteiger partial charge in [-0.2, -0.15) is 0 Å². The highest BCUT2D eigenvalue weighted by atomic mass is 16.2. The molecule has 2 fully saturated rings. The lowest BCUT2D eigenvalue weighted by Crippen LogP contribution is -2.43. The largest absolute Gasteiger partial charge is 0.342 e. The summed E-state index contributed by atoms with van der Waals surface area (Å²) in [6.07, 6.45) is 7.06. The number of carbonyl (C=O) groups is 1. The van der Waals surface area contributed by atoms with Crippen LogP contribution in [0, 0.1) is 17.8 Å². The van der Waals surface area contributed by atoms with E-state index in [0.29, 0.717) is 23.7 Å². The minimum absolute atomic E-state index is 0.312. The summed E-state index contributed by atoms with van der Waals surface area (Å²) in [4.78, 5) is 14.6. The van der Waals surface area contributed by atoms with Crippen molar-refractivity contribution in [2.24, 2.45) is 23.5 Å². The maximum atomic E-state index is 12.5. The first-order valence-corrected chi connectivity index (χ1v) is 7.21. The fraction of sp³-hybridized carbons (Fsp3) is 0.929. The van der Waals surface area contributed by atoms with Crippen molar-refractivity contribution in [1.29, 1.82) is 0 Å². The van der Waals surface area contributed by atoms with Crippen molar-refractivity contribution in [2.45, 2.75) is 45.4 Å². The molecule has 3 atom stereocenters. The molecule has 3 nitrogen and oxygen atoms in total. The molecule has 0 aromatic rings. The maximum absolute atomic E-state index is 12.5. The number of rotatable bonds is 3. The minimum Gasteiger partial charge on any atom is -0.342 e. The predicted octanol–water partition coefficient (Wildman–Crippen LogP) is 2.01. The molecule has 3 heteroatoms. The Labute approximate surface area is 105 Å². The van der Waals surface area contributed by atoms with E-state index in [0.717, 1.165) is 38.9 Å². The van der Waals surface area contributed by atoms with E-state index in [2.05, 4.69) is 11.8 Å². The molecule has 0 aromatic heterocycles. The van der Waals surface area contributed by atoms with Crippen LogP contribution in [-0.2, 0) is 4.79 Å². The molecule has 0 bridgehead atoms. The summed E-state index contributed by atoms with van der Waals surface area (Å²) in [5.74, 6) is 1.98. The highest BCUT2D eigenvalue weighted by Gasteiger charge is 2.34. The number of likely N-dealkylation sites (tertiary alicyclic amines) is 1. The Balaban J connectivity index is 1.90. The van der Waals surface area contributed by atoms with Gasteiger partial charge in [-0.25, -0.2) is 0 Å². The lowest BCUT2D eigenvalue weighted by Gasteiger charge is -2.35. The van der Waals surface area contributed by atoms with Gasteiger partial charge in [0, 0.05) is 19.0 Å². The van der Waals surface area contributed by atoms with Gasteiger partial charge in [0.1, 0.15) is 0 Å². The maximum Gasteiger partial charge on any atom is 0.225 e. The smallest absolute Gasteiger partial charge is 0.225 e. The molecule has 98 valence electrons. The third kappa shape index (κ3) is 3.01. The molecule has 0 aromatic carbocycles. The van der Waals surface area contributed by atoms with E-state index in [9.17, 15) is 4.79 Å². The van der Waals surface area contributed by atoms with Gasteiger partial charge in [0.05, 0.1) is 0 Å². The third-order valence-corrected chi connectivity index (χ3v) is 4.58. The fourth-order valence-electron chi connectivity index (χ4n) is 3.48. The lowest BCUT2D eigenvalue weighted by molar-refractivity contribution is -0.138. The molecule has 1 aliphatic carbocycles. The van der Waals surface area contributed by atoms with E-state index in [1.807, 2.05) is 0 Å². The Kier molecular flexibility index (Phi) is 4.43. The van der Waals surface area contributed by atoms with Crippen molar-refractivity contribution in [3.05, 3.63) is 0 Å². The zero-order chi connectivity index (χ0) is 12.3. The third-order valence-electron chi connectivity index (χ3n) is 4.58. The number of hydrogen-bond donors (Lipinski definition) is 1. The molecule has 0 spiro atoms. The van der Waals surface area contributed by atoms with E-state index in [1.165, 1.54) is 19.3 Å². The average Bonchev–Trinajstić information content (AvgIpc) is 2.75. The van der Waals surface area contributed by atoms with Gasteiger partial charge >= 0.3 is 0 Å². The summed E-state index contributed by atoms with van der Waals surface area (Å²) in [6, 6.07) is 0. The highest BCUT2D eigenvalue weighted by molar-refractivity contribution is 5.79. The number of carbonyl (C=O) groups excluding carboxylic acids is 1. The number of nitrogens with zero attached hydrogens (tertiary/aromatic N) is 1. The Bertz CT molecular complexity index is 265. The Morgan fingerprint density at radius 1 is 1.29 bits per heavy atom. The summed E-state index contributed by atoms with van der Waals surface area (Å²) in [5.41, 5.74) is 5.62. The fourth-order valence-corrected chi connectivity index (χ4v) is 3.48. The molecule has 1 aliphatic heterocycles. The standard InChI is InChI=1S/C14H26N2O/c1-11-4-2-6-13(11)14(17)16-9-3-5-12(10-16)7-8-15/h11-13H,2-10,15H2,1H3. The van der Waals surface area contributed by atoms with E-state index in [-0.39, 0.29) is 0 Å². The van der Waals surface area contributed by atoms with Crippen LogP contribution in [0.25, 0.3) is 0 Å². The normalized spacial score (nSPS) is 34.0. The van der Waals surface area contributed by atoms with Crippen LogP contribution in [0.3, 0.4) is 0 Å². The van der Waals surface area contributed by atoms with Gasteiger partial charge in [-0.15, -0.1) is 0 Å². The molecule has 1 saturated heterocycles. The van der Waals surface area contributed by atoms with Gasteiger partial charge in [0.2, 0.25) is 5.91 Å². The molecular weight excluding hydrogens is 212 g/mol. The number of hydrogen-bond acceptors (Lipinski definition) is 2. The van der Waals surface area contributed by atoms with Gasteiger partial charge < -0.3 is 10.6 Å². The minimum atomic E-state index is 0.312. The first kappa shape index (κ1) is 12.9. The van der Waals surface area contributed by atoms with Crippen LogP contribution >= 0.6 is 0 Å². The topological polar surface area (TPSA) is 46.3 Å². The SMILES string of the molecule is CC1CCCC1C(=O)N1CCCC(CCN)C1. The van der Waals surface area contributed by atoms with E-state index < -0.39 is 0 Å². The second kappa shape index (κ2) is 5.85. The van der Waals surface area contributed by atoms with Crippen LogP contribution in [0.5, 0.6) is 0 Å². The molecule has 2 aliphatic rings. The van der Waals surface area contributed by atoms with Crippen LogP contribution in [-0.4, -0.2) is 30.4 Å². The molecule has 1 amide bonds. The lowest BCUT2D eigenvalue weighted by atomic mass is 9.91. The molecule has 3 unspecified atom stereocenters. The van der Waals surface area contributed by atoms with Crippen molar-refractivity contribution in [3.63, 3.8) is 0 Å². The van der Waals surface area contributed by atoms with E-state index in [1.54, 1.807) is 0 Å².